The van der Waals surface area contributed by atoms with Gasteiger partial charge in [0.2, 0.25) is 5.91 Å². The fraction of sp³-hybridized carbons (Fsp3) is 0.0769. The van der Waals surface area contributed by atoms with Gasteiger partial charge >= 0.3 is 0 Å². The number of thiophene rings is 1. The maximum Gasteiger partial charge on any atom is 0.248 e. The average Bonchev–Trinajstić information content (AvgIpc) is 2.83. The lowest BCUT2D eigenvalue weighted by atomic mass is 10.3. The highest BCUT2D eigenvalue weighted by molar-refractivity contribution is 9.11. The second-order valence-corrected chi connectivity index (χ2v) is 6.87. The summed E-state index contributed by atoms with van der Waals surface area (Å²) < 4.78 is 1.05. The van der Waals surface area contributed by atoms with Crippen molar-refractivity contribution in [3.8, 4) is 0 Å². The normalized spacial score (nSPS) is 10.8. The molecule has 0 radical (unpaired) electrons. The van der Waals surface area contributed by atoms with E-state index >= 15 is 0 Å². The van der Waals surface area contributed by atoms with Gasteiger partial charge in [0.15, 0.2) is 0 Å². The van der Waals surface area contributed by atoms with E-state index < -0.39 is 0 Å². The van der Waals surface area contributed by atoms with Crippen LogP contribution in [0.25, 0.3) is 6.08 Å². The molecule has 0 aliphatic rings. The van der Waals surface area contributed by atoms with Crippen molar-refractivity contribution in [3.63, 3.8) is 0 Å². The van der Waals surface area contributed by atoms with Crippen LogP contribution in [-0.2, 0) is 4.79 Å². The predicted octanol–water partition coefficient (Wildman–Crippen LogP) is 4.28. The van der Waals surface area contributed by atoms with Crippen LogP contribution in [0.5, 0.6) is 0 Å². The molecule has 0 saturated carbocycles. The average molecular weight is 355 g/mol. The fourth-order valence-electron chi connectivity index (χ4n) is 1.33. The summed E-state index contributed by atoms with van der Waals surface area (Å²) in [4.78, 5) is 16.9. The first-order valence-electron chi connectivity index (χ1n) is 5.42. The summed E-state index contributed by atoms with van der Waals surface area (Å²) in [5.41, 5.74) is 0.694. The molecule has 0 atom stereocenters. The zero-order valence-corrected chi connectivity index (χ0v) is 13.3. The molecule has 2 rings (SSSR count). The third-order valence-corrected chi connectivity index (χ3v) is 4.45. The minimum absolute atomic E-state index is 0.164. The lowest BCUT2D eigenvalue weighted by Crippen LogP contribution is -2.07. The standard InChI is InChI=1S/C13H11BrN2OS2/c1-18-13-7-2-9(8-15-13)16-12(17)6-4-10-3-5-11(14)19-10/h2-8H,1H3,(H,16,17)/b6-4+. The molecule has 2 heterocycles. The van der Waals surface area contributed by atoms with Gasteiger partial charge in [0.05, 0.1) is 20.7 Å². The predicted molar refractivity (Wildman–Crippen MR) is 85.7 cm³/mol. The number of carbonyl (C=O) groups is 1. The number of nitrogens with zero attached hydrogens (tertiary/aromatic N) is 1. The third kappa shape index (κ3) is 4.49. The molecule has 1 amide bonds. The first-order chi connectivity index (χ1) is 9.17. The molecule has 0 fully saturated rings. The van der Waals surface area contributed by atoms with E-state index in [0.717, 1.165) is 13.7 Å². The molecule has 0 spiro atoms. The highest BCUT2D eigenvalue weighted by atomic mass is 79.9. The highest BCUT2D eigenvalue weighted by Crippen LogP contribution is 2.23. The number of hydrogen-bond donors (Lipinski definition) is 1. The molecular weight excluding hydrogens is 344 g/mol. The molecule has 3 nitrogen and oxygen atoms in total. The largest absolute Gasteiger partial charge is 0.321 e. The van der Waals surface area contributed by atoms with Crippen LogP contribution in [0.4, 0.5) is 5.69 Å². The molecule has 2 aromatic heterocycles. The van der Waals surface area contributed by atoms with Gasteiger partial charge in [-0.2, -0.15) is 0 Å². The van der Waals surface area contributed by atoms with Crippen molar-refractivity contribution in [3.05, 3.63) is 45.2 Å². The SMILES string of the molecule is CSc1ccc(NC(=O)/C=C/c2ccc(Br)s2)cn1. The van der Waals surface area contributed by atoms with Gasteiger partial charge in [0.1, 0.15) is 0 Å². The van der Waals surface area contributed by atoms with E-state index in [-0.39, 0.29) is 5.91 Å². The Kier molecular flexibility index (Phi) is 5.18. The van der Waals surface area contributed by atoms with Crippen LogP contribution in [0.2, 0.25) is 0 Å². The quantitative estimate of drug-likeness (QED) is 0.658. The Bertz CT molecular complexity index is 593. The number of amides is 1. The molecule has 0 unspecified atom stereocenters. The molecule has 2 aromatic rings. The van der Waals surface area contributed by atoms with Crippen molar-refractivity contribution >= 4 is 56.7 Å². The second kappa shape index (κ2) is 6.88. The molecule has 19 heavy (non-hydrogen) atoms. The van der Waals surface area contributed by atoms with E-state index in [1.165, 1.54) is 6.08 Å². The number of halogens is 1. The maximum absolute atomic E-state index is 11.7. The van der Waals surface area contributed by atoms with Crippen molar-refractivity contribution in [2.45, 2.75) is 5.03 Å². The number of nitrogens with one attached hydrogen (secondary N) is 1. The maximum atomic E-state index is 11.7. The minimum atomic E-state index is -0.164. The van der Waals surface area contributed by atoms with Gasteiger partial charge in [0.25, 0.3) is 0 Å². The molecule has 0 aliphatic heterocycles. The Balaban J connectivity index is 1.95. The van der Waals surface area contributed by atoms with Crippen molar-refractivity contribution in [2.75, 3.05) is 11.6 Å². The molecule has 1 N–H and O–H groups in total. The zero-order chi connectivity index (χ0) is 13.7. The molecule has 0 saturated heterocycles. The number of rotatable bonds is 4. The van der Waals surface area contributed by atoms with Crippen molar-refractivity contribution in [1.29, 1.82) is 0 Å². The van der Waals surface area contributed by atoms with Crippen LogP contribution in [0.3, 0.4) is 0 Å². The van der Waals surface area contributed by atoms with Crippen molar-refractivity contribution < 1.29 is 4.79 Å². The van der Waals surface area contributed by atoms with Gasteiger partial charge in [-0.05, 0) is 52.5 Å². The van der Waals surface area contributed by atoms with Crippen LogP contribution in [-0.4, -0.2) is 17.1 Å². The number of carbonyl (C=O) groups excluding carboxylic acids is 1. The van der Waals surface area contributed by atoms with E-state index in [1.54, 1.807) is 35.4 Å². The van der Waals surface area contributed by atoms with Crippen molar-refractivity contribution in [1.82, 2.24) is 4.98 Å². The summed E-state index contributed by atoms with van der Waals surface area (Å²) in [6.07, 6.45) is 6.91. The Morgan fingerprint density at radius 3 is 2.84 bits per heavy atom. The van der Waals surface area contributed by atoms with E-state index in [1.807, 2.05) is 30.5 Å². The Morgan fingerprint density at radius 1 is 1.42 bits per heavy atom. The van der Waals surface area contributed by atoms with E-state index in [2.05, 4.69) is 26.2 Å². The van der Waals surface area contributed by atoms with E-state index in [0.29, 0.717) is 5.69 Å². The van der Waals surface area contributed by atoms with Gasteiger partial charge in [-0.15, -0.1) is 23.1 Å². The Labute approximate surface area is 128 Å². The monoisotopic (exact) mass is 354 g/mol. The minimum Gasteiger partial charge on any atom is -0.321 e. The number of thioether (sulfide) groups is 1. The first kappa shape index (κ1) is 14.3. The van der Waals surface area contributed by atoms with Crippen LogP contribution in [0, 0.1) is 0 Å². The summed E-state index contributed by atoms with van der Waals surface area (Å²) in [5, 5.41) is 3.69. The summed E-state index contributed by atoms with van der Waals surface area (Å²) in [7, 11) is 0. The molecule has 98 valence electrons. The number of pyridine rings is 1. The van der Waals surface area contributed by atoms with Gasteiger partial charge in [-0.1, -0.05) is 0 Å². The molecular formula is C13H11BrN2OS2. The lowest BCUT2D eigenvalue weighted by Gasteiger charge is -2.01. The van der Waals surface area contributed by atoms with Crippen LogP contribution in [0.1, 0.15) is 4.88 Å². The number of aromatic nitrogens is 1. The van der Waals surface area contributed by atoms with Crippen molar-refractivity contribution in [2.24, 2.45) is 0 Å². The second-order valence-electron chi connectivity index (χ2n) is 3.55. The number of hydrogen-bond acceptors (Lipinski definition) is 4. The van der Waals surface area contributed by atoms with Crippen LogP contribution >= 0.6 is 39.0 Å². The first-order valence-corrected chi connectivity index (χ1v) is 8.25. The van der Waals surface area contributed by atoms with Gasteiger partial charge in [-0.25, -0.2) is 4.98 Å². The summed E-state index contributed by atoms with van der Waals surface area (Å²) in [5.74, 6) is -0.164. The summed E-state index contributed by atoms with van der Waals surface area (Å²) in [6.45, 7) is 0. The molecule has 0 aliphatic carbocycles. The van der Waals surface area contributed by atoms with Gasteiger partial charge in [-0.3, -0.25) is 4.79 Å². The highest BCUT2D eigenvalue weighted by Gasteiger charge is 1.99. The summed E-state index contributed by atoms with van der Waals surface area (Å²) >= 11 is 6.52. The summed E-state index contributed by atoms with van der Waals surface area (Å²) in [6, 6.07) is 7.62. The fourth-order valence-corrected chi connectivity index (χ4v) is 3.02. The van der Waals surface area contributed by atoms with E-state index in [4.69, 9.17) is 0 Å². The topological polar surface area (TPSA) is 42.0 Å². The Morgan fingerprint density at radius 2 is 2.26 bits per heavy atom. The Hall–Kier alpha value is -1.11. The third-order valence-electron chi connectivity index (χ3n) is 2.21. The lowest BCUT2D eigenvalue weighted by molar-refractivity contribution is -0.111. The van der Waals surface area contributed by atoms with Crippen LogP contribution in [0.15, 0.2) is 45.4 Å². The smallest absolute Gasteiger partial charge is 0.248 e. The van der Waals surface area contributed by atoms with E-state index in [9.17, 15) is 4.79 Å². The van der Waals surface area contributed by atoms with Crippen LogP contribution < -0.4 is 5.32 Å². The number of anilines is 1. The van der Waals surface area contributed by atoms with Gasteiger partial charge < -0.3 is 5.32 Å². The zero-order valence-electron chi connectivity index (χ0n) is 10.1. The molecule has 0 bridgehead atoms. The van der Waals surface area contributed by atoms with Gasteiger partial charge in [0, 0.05) is 11.0 Å². The molecule has 0 aromatic carbocycles. The molecule has 6 heteroatoms.